The number of ether oxygens (including phenoxy) is 1. The lowest BCUT2D eigenvalue weighted by molar-refractivity contribution is -0.793. The molecule has 0 fully saturated rings. The molecule has 36 heavy (non-hydrogen) atoms. The molecule has 0 aliphatic heterocycles. The maximum Gasteiger partial charge on any atom is 0.488 e. The van der Waals surface area contributed by atoms with Crippen LogP contribution in [0.3, 0.4) is 0 Å². The summed E-state index contributed by atoms with van der Waals surface area (Å²) in [5.74, 6) is -1.33. The van der Waals surface area contributed by atoms with Crippen molar-refractivity contribution in [1.29, 1.82) is 0 Å². The molecule has 0 aliphatic rings. The van der Waals surface area contributed by atoms with Crippen molar-refractivity contribution in [3.05, 3.63) is 40.5 Å². The van der Waals surface area contributed by atoms with Crippen LogP contribution in [0.4, 0.5) is 0 Å². The Kier molecular flexibility index (Phi) is 23.0. The third-order valence-electron chi connectivity index (χ3n) is 4.36. The Bertz CT molecular complexity index is 687. The van der Waals surface area contributed by atoms with E-state index in [4.69, 9.17) is 10.2 Å². The molecule has 0 radical (unpaired) electrons. The van der Waals surface area contributed by atoms with E-state index in [1.807, 2.05) is 6.92 Å². The van der Waals surface area contributed by atoms with E-state index in [1.165, 1.54) is 0 Å². The lowest BCUT2D eigenvalue weighted by Gasteiger charge is -2.12. The minimum absolute atomic E-state index is 0. The van der Waals surface area contributed by atoms with Crippen LogP contribution in [-0.4, -0.2) is 66.4 Å². The molecule has 0 saturated heterocycles. The first kappa shape index (κ1) is 39.7. The number of hydrogen-bond donors (Lipinski definition) is 2. The van der Waals surface area contributed by atoms with E-state index in [2.05, 4.69) is 11.7 Å². The highest BCUT2D eigenvalue weighted by molar-refractivity contribution is 5.69. The van der Waals surface area contributed by atoms with Crippen LogP contribution in [0, 0.1) is 40.5 Å². The summed E-state index contributed by atoms with van der Waals surface area (Å²) in [4.78, 5) is 57.4. The van der Waals surface area contributed by atoms with Crippen LogP contribution in [-0.2, 0) is 14.3 Å². The fraction of sp³-hybridized carbons (Fsp3) is 0.895. The van der Waals surface area contributed by atoms with E-state index in [0.29, 0.717) is 12.8 Å². The number of rotatable bonds is 15. The summed E-state index contributed by atoms with van der Waals surface area (Å²) in [6.45, 7) is 3.62. The molecule has 0 amide bonds. The number of nitrogens with zero attached hydrogens (tertiary/aromatic N) is 4. The van der Waals surface area contributed by atoms with Crippen molar-refractivity contribution in [1.82, 2.24) is 0 Å². The summed E-state index contributed by atoms with van der Waals surface area (Å²) < 4.78 is 4.55. The van der Waals surface area contributed by atoms with Gasteiger partial charge in [-0.1, -0.05) is 47.0 Å². The number of nitro groups is 4. The van der Waals surface area contributed by atoms with E-state index < -0.39 is 56.2 Å². The predicted molar refractivity (Wildman–Crippen MR) is 125 cm³/mol. The molecule has 0 atom stereocenters. The lowest BCUT2D eigenvalue weighted by atomic mass is 10.2. The molecule has 0 unspecified atom stereocenters. The minimum atomic E-state index is -2.47. The van der Waals surface area contributed by atoms with Crippen molar-refractivity contribution in [2.45, 2.75) is 97.8 Å². The first-order valence-corrected chi connectivity index (χ1v) is 10.6. The second kappa shape index (κ2) is 20.8. The molecule has 17 heteroatoms. The Balaban J connectivity index is -0.000000230. The Morgan fingerprint density at radius 2 is 1.11 bits per heavy atom. The molecule has 0 aliphatic carbocycles. The van der Waals surface area contributed by atoms with Crippen molar-refractivity contribution in [2.75, 3.05) is 13.2 Å². The van der Waals surface area contributed by atoms with Crippen molar-refractivity contribution < 1.29 is 44.2 Å². The minimum Gasteiger partial charge on any atom is -0.481 e. The smallest absolute Gasteiger partial charge is 0.481 e. The molecule has 0 spiro atoms. The average Bonchev–Trinajstić information content (AvgIpc) is 2.77. The van der Waals surface area contributed by atoms with Gasteiger partial charge < -0.3 is 14.9 Å². The van der Waals surface area contributed by atoms with Crippen molar-refractivity contribution in [3.8, 4) is 0 Å². The first-order valence-electron chi connectivity index (χ1n) is 10.6. The normalized spacial score (nSPS) is 10.2. The highest BCUT2D eigenvalue weighted by Crippen LogP contribution is 2.12. The van der Waals surface area contributed by atoms with Gasteiger partial charge in [0.25, 0.3) is 0 Å². The lowest BCUT2D eigenvalue weighted by Crippen LogP contribution is -2.47. The van der Waals surface area contributed by atoms with Crippen molar-refractivity contribution in [3.63, 3.8) is 0 Å². The van der Waals surface area contributed by atoms with Crippen LogP contribution in [0.15, 0.2) is 0 Å². The quantitative estimate of drug-likeness (QED) is 0.101. The van der Waals surface area contributed by atoms with Crippen LogP contribution in [0.5, 0.6) is 0 Å². The van der Waals surface area contributed by atoms with E-state index in [9.17, 15) is 50.0 Å². The summed E-state index contributed by atoms with van der Waals surface area (Å²) in [5.41, 5.74) is -4.93. The number of hydrogen-bond acceptors (Lipinski definition) is 12. The average molecular weight is 531 g/mol. The number of unbranched alkanes of at least 4 members (excludes halogenated alkanes) is 4. The summed E-state index contributed by atoms with van der Waals surface area (Å²) in [6.07, 6.45) is 5.78. The number of carbonyl (C=O) groups excluding carboxylic acids is 1. The third kappa shape index (κ3) is 17.0. The van der Waals surface area contributed by atoms with Crippen LogP contribution < -0.4 is 0 Å². The number of carboxylic acids is 1. The van der Waals surface area contributed by atoms with E-state index in [0.717, 1.165) is 46.0 Å². The molecule has 0 aromatic heterocycles. The summed E-state index contributed by atoms with van der Waals surface area (Å²) in [6, 6.07) is 0. The van der Waals surface area contributed by atoms with Gasteiger partial charge in [0, 0.05) is 12.8 Å². The molecular formula is C19H38N4O13. The highest BCUT2D eigenvalue weighted by Gasteiger charge is 2.52. The third-order valence-corrected chi connectivity index (χ3v) is 4.36. The molecule has 0 aromatic rings. The summed E-state index contributed by atoms with van der Waals surface area (Å²) >= 11 is 0. The van der Waals surface area contributed by atoms with Gasteiger partial charge in [-0.25, -0.2) is 0 Å². The molecule has 0 saturated carbocycles. The van der Waals surface area contributed by atoms with Crippen molar-refractivity contribution >= 4 is 11.9 Å². The second-order valence-corrected chi connectivity index (χ2v) is 7.59. The molecule has 212 valence electrons. The van der Waals surface area contributed by atoms with Crippen LogP contribution in [0.1, 0.15) is 86.5 Å². The monoisotopic (exact) mass is 530 g/mol. The Labute approximate surface area is 208 Å². The number of carboxylic acid groups (broad SMARTS) is 1. The highest BCUT2D eigenvalue weighted by atomic mass is 16.7. The topological polar surface area (TPSA) is 256 Å². The van der Waals surface area contributed by atoms with Gasteiger partial charge in [0.05, 0.1) is 13.8 Å². The zero-order valence-corrected chi connectivity index (χ0v) is 20.2. The van der Waals surface area contributed by atoms with Crippen molar-refractivity contribution in [2.24, 2.45) is 0 Å². The molecule has 17 nitrogen and oxygen atoms in total. The summed E-state index contributed by atoms with van der Waals surface area (Å²) in [7, 11) is 0. The largest absolute Gasteiger partial charge is 0.488 e. The Hall–Kier alpha value is -3.50. The number of aliphatic hydroxyl groups is 1. The van der Waals surface area contributed by atoms with Crippen LogP contribution >= 0.6 is 0 Å². The van der Waals surface area contributed by atoms with Gasteiger partial charge in [-0.2, -0.15) is 0 Å². The SMILES string of the molecule is C.CC(CO)([N+](=O)[O-])[N+](=O)[O-].CCCCCC(=O)O.CCCCCC(=O)OCC(C)([N+](=O)[O-])[N+](=O)[O-]. The molecule has 2 N–H and O–H groups in total. The molecule has 0 rings (SSSR count). The van der Waals surface area contributed by atoms with Crippen LogP contribution in [0.2, 0.25) is 0 Å². The van der Waals surface area contributed by atoms with E-state index in [1.54, 1.807) is 0 Å². The Morgan fingerprint density at radius 1 is 0.750 bits per heavy atom. The van der Waals surface area contributed by atoms with Gasteiger partial charge in [0.2, 0.25) is 6.61 Å². The standard InChI is InChI=1S/C9H16N2O6.C6H12O2.C3H6N2O5.CH4/c1-3-4-5-6-8(12)17-7-9(2,10(13)14)11(15)16;1-2-3-4-5-6(7)8;1-3(2-6,4(7)8)5(9)10;/h3-7H2,1-2H3;2-5H2,1H3,(H,7,8);6H,2H2,1H3;1H4. The van der Waals surface area contributed by atoms with E-state index >= 15 is 0 Å². The van der Waals surface area contributed by atoms with E-state index in [-0.39, 0.29) is 13.8 Å². The number of esters is 1. The maximum absolute atomic E-state index is 11.1. The molecular weight excluding hydrogens is 492 g/mol. The van der Waals surface area contributed by atoms with Gasteiger partial charge in [-0.15, -0.1) is 0 Å². The van der Waals surface area contributed by atoms with Gasteiger partial charge in [0.1, 0.15) is 19.7 Å². The predicted octanol–water partition coefficient (Wildman–Crippen LogP) is 2.92. The Morgan fingerprint density at radius 3 is 1.36 bits per heavy atom. The first-order chi connectivity index (χ1) is 16.1. The van der Waals surface area contributed by atoms with Crippen LogP contribution in [0.25, 0.3) is 0 Å². The van der Waals surface area contributed by atoms with Gasteiger partial charge in [0.15, 0.2) is 6.61 Å². The fourth-order valence-corrected chi connectivity index (χ4v) is 1.69. The second-order valence-electron chi connectivity index (χ2n) is 7.59. The number of carbonyl (C=O) groups is 2. The fourth-order valence-electron chi connectivity index (χ4n) is 1.69. The van der Waals surface area contributed by atoms with Gasteiger partial charge >= 0.3 is 23.3 Å². The zero-order chi connectivity index (χ0) is 28.2. The summed E-state index contributed by atoms with van der Waals surface area (Å²) in [5, 5.41) is 57.2. The van der Waals surface area contributed by atoms with Gasteiger partial charge in [-0.05, 0) is 12.8 Å². The molecule has 0 aromatic carbocycles. The maximum atomic E-state index is 11.1. The number of aliphatic hydroxyl groups excluding tert-OH is 1. The molecule has 0 bridgehead atoms. The molecule has 0 heterocycles. The number of aliphatic carboxylic acids is 1. The van der Waals surface area contributed by atoms with Gasteiger partial charge in [-0.3, -0.25) is 50.0 Å². The zero-order valence-electron chi connectivity index (χ0n) is 20.2.